The SMILES string of the molecule is CCN(C(=O)c1ccccc1OC)C1CCNC1. The van der Waals surface area contributed by atoms with E-state index in [0.29, 0.717) is 17.4 Å². The molecule has 1 unspecified atom stereocenters. The van der Waals surface area contributed by atoms with Crippen LogP contribution in [0.1, 0.15) is 23.7 Å². The van der Waals surface area contributed by atoms with Gasteiger partial charge >= 0.3 is 0 Å². The number of hydrogen-bond donors (Lipinski definition) is 1. The maximum absolute atomic E-state index is 12.6. The molecule has 1 N–H and O–H groups in total. The summed E-state index contributed by atoms with van der Waals surface area (Å²) in [7, 11) is 1.60. The first-order valence-corrected chi connectivity index (χ1v) is 6.42. The van der Waals surface area contributed by atoms with E-state index >= 15 is 0 Å². The zero-order valence-corrected chi connectivity index (χ0v) is 11.0. The number of rotatable bonds is 4. The molecule has 0 radical (unpaired) electrons. The minimum atomic E-state index is 0.0589. The van der Waals surface area contributed by atoms with Crippen molar-refractivity contribution in [2.24, 2.45) is 0 Å². The highest BCUT2D eigenvalue weighted by atomic mass is 16.5. The first-order valence-electron chi connectivity index (χ1n) is 6.42. The van der Waals surface area contributed by atoms with Crippen molar-refractivity contribution in [1.29, 1.82) is 0 Å². The zero-order valence-electron chi connectivity index (χ0n) is 11.0. The molecule has 0 spiro atoms. The number of nitrogens with zero attached hydrogens (tertiary/aromatic N) is 1. The highest BCUT2D eigenvalue weighted by molar-refractivity contribution is 5.97. The highest BCUT2D eigenvalue weighted by Crippen LogP contribution is 2.21. The monoisotopic (exact) mass is 248 g/mol. The number of para-hydroxylation sites is 1. The van der Waals surface area contributed by atoms with Crippen molar-refractivity contribution < 1.29 is 9.53 Å². The smallest absolute Gasteiger partial charge is 0.257 e. The standard InChI is InChI=1S/C14H20N2O2/c1-3-16(11-8-9-15-10-11)14(17)12-6-4-5-7-13(12)18-2/h4-7,11,15H,3,8-10H2,1-2H3. The molecule has 1 aliphatic heterocycles. The maximum Gasteiger partial charge on any atom is 0.257 e. The summed E-state index contributed by atoms with van der Waals surface area (Å²) in [6.07, 6.45) is 1.02. The van der Waals surface area contributed by atoms with Crippen LogP contribution >= 0.6 is 0 Å². The van der Waals surface area contributed by atoms with E-state index in [0.717, 1.165) is 26.1 Å². The lowest BCUT2D eigenvalue weighted by Gasteiger charge is -2.27. The summed E-state index contributed by atoms with van der Waals surface area (Å²) in [6, 6.07) is 7.70. The molecule has 0 aromatic heterocycles. The van der Waals surface area contributed by atoms with Crippen molar-refractivity contribution in [3.63, 3.8) is 0 Å². The quantitative estimate of drug-likeness (QED) is 0.878. The van der Waals surface area contributed by atoms with Gasteiger partial charge in [-0.05, 0) is 32.0 Å². The lowest BCUT2D eigenvalue weighted by Crippen LogP contribution is -2.41. The van der Waals surface area contributed by atoms with Gasteiger partial charge in [0.1, 0.15) is 5.75 Å². The maximum atomic E-state index is 12.6. The fourth-order valence-electron chi connectivity index (χ4n) is 2.45. The van der Waals surface area contributed by atoms with Crippen molar-refractivity contribution in [1.82, 2.24) is 10.2 Å². The molecule has 0 bridgehead atoms. The van der Waals surface area contributed by atoms with Crippen molar-refractivity contribution in [3.05, 3.63) is 29.8 Å². The second-order valence-electron chi connectivity index (χ2n) is 4.44. The Morgan fingerprint density at radius 1 is 1.50 bits per heavy atom. The summed E-state index contributed by atoms with van der Waals surface area (Å²) in [4.78, 5) is 14.5. The molecule has 4 nitrogen and oxygen atoms in total. The third kappa shape index (κ3) is 2.48. The van der Waals surface area contributed by atoms with Crippen LogP contribution in [0.25, 0.3) is 0 Å². The van der Waals surface area contributed by atoms with Crippen LogP contribution in [-0.4, -0.2) is 43.6 Å². The molecule has 98 valence electrons. The molecule has 1 saturated heterocycles. The Morgan fingerprint density at radius 2 is 2.28 bits per heavy atom. The number of benzene rings is 1. The second kappa shape index (κ2) is 5.87. The average Bonchev–Trinajstić information content (AvgIpc) is 2.93. The van der Waals surface area contributed by atoms with E-state index in [4.69, 9.17) is 4.74 Å². The van der Waals surface area contributed by atoms with Gasteiger partial charge < -0.3 is 15.0 Å². The molecule has 0 aliphatic carbocycles. The first kappa shape index (κ1) is 12.9. The van der Waals surface area contributed by atoms with E-state index in [2.05, 4.69) is 5.32 Å². The molecule has 1 aromatic carbocycles. The highest BCUT2D eigenvalue weighted by Gasteiger charge is 2.27. The molecule has 2 rings (SSSR count). The topological polar surface area (TPSA) is 41.6 Å². The molecule has 1 amide bonds. The van der Waals surface area contributed by atoms with E-state index in [1.807, 2.05) is 36.1 Å². The fourth-order valence-corrected chi connectivity index (χ4v) is 2.45. The summed E-state index contributed by atoms with van der Waals surface area (Å²) in [5, 5.41) is 3.30. The van der Waals surface area contributed by atoms with Crippen molar-refractivity contribution in [2.75, 3.05) is 26.7 Å². The van der Waals surface area contributed by atoms with Gasteiger partial charge in [0.2, 0.25) is 0 Å². The minimum Gasteiger partial charge on any atom is -0.496 e. The molecule has 1 aromatic rings. The van der Waals surface area contributed by atoms with E-state index < -0.39 is 0 Å². The van der Waals surface area contributed by atoms with Gasteiger partial charge in [0.15, 0.2) is 0 Å². The Hall–Kier alpha value is -1.55. The number of hydrogen-bond acceptors (Lipinski definition) is 3. The van der Waals surface area contributed by atoms with Gasteiger partial charge in [-0.2, -0.15) is 0 Å². The second-order valence-corrected chi connectivity index (χ2v) is 4.44. The number of ether oxygens (including phenoxy) is 1. The van der Waals surface area contributed by atoms with Gasteiger partial charge in [0.05, 0.1) is 12.7 Å². The molecule has 1 aliphatic rings. The van der Waals surface area contributed by atoms with Crippen molar-refractivity contribution in [2.45, 2.75) is 19.4 Å². The molecule has 1 atom stereocenters. The number of amides is 1. The average molecular weight is 248 g/mol. The Kier molecular flexibility index (Phi) is 4.20. The molecule has 0 saturated carbocycles. The van der Waals surface area contributed by atoms with Crippen LogP contribution < -0.4 is 10.1 Å². The van der Waals surface area contributed by atoms with Crippen LogP contribution in [0.5, 0.6) is 5.75 Å². The van der Waals surface area contributed by atoms with Crippen LogP contribution in [0, 0.1) is 0 Å². The summed E-state index contributed by atoms with van der Waals surface area (Å²) in [5.74, 6) is 0.704. The molecule has 1 fully saturated rings. The predicted octanol–water partition coefficient (Wildman–Crippen LogP) is 1.52. The third-order valence-electron chi connectivity index (χ3n) is 3.41. The fraction of sp³-hybridized carbons (Fsp3) is 0.500. The van der Waals surface area contributed by atoms with E-state index in [1.165, 1.54) is 0 Å². The van der Waals surface area contributed by atoms with Crippen LogP contribution in [0.15, 0.2) is 24.3 Å². The van der Waals surface area contributed by atoms with E-state index in [1.54, 1.807) is 7.11 Å². The summed E-state index contributed by atoms with van der Waals surface area (Å²) in [5.41, 5.74) is 0.647. The van der Waals surface area contributed by atoms with Gasteiger partial charge in [0, 0.05) is 19.1 Å². The predicted molar refractivity (Wildman–Crippen MR) is 71.0 cm³/mol. The Labute approximate surface area is 108 Å². The van der Waals surface area contributed by atoms with Crippen LogP contribution in [-0.2, 0) is 0 Å². The normalized spacial score (nSPS) is 18.7. The Balaban J connectivity index is 2.22. The van der Waals surface area contributed by atoms with Gasteiger partial charge in [0.25, 0.3) is 5.91 Å². The third-order valence-corrected chi connectivity index (χ3v) is 3.41. The Morgan fingerprint density at radius 3 is 2.89 bits per heavy atom. The molecule has 1 heterocycles. The molecule has 4 heteroatoms. The molecule has 18 heavy (non-hydrogen) atoms. The minimum absolute atomic E-state index is 0.0589. The van der Waals surface area contributed by atoms with E-state index in [-0.39, 0.29) is 5.91 Å². The van der Waals surface area contributed by atoms with Crippen LogP contribution in [0.3, 0.4) is 0 Å². The van der Waals surface area contributed by atoms with Crippen molar-refractivity contribution in [3.8, 4) is 5.75 Å². The van der Waals surface area contributed by atoms with Crippen LogP contribution in [0.4, 0.5) is 0 Å². The number of nitrogens with one attached hydrogen (secondary N) is 1. The largest absolute Gasteiger partial charge is 0.496 e. The number of carbonyl (C=O) groups is 1. The van der Waals surface area contributed by atoms with Crippen molar-refractivity contribution >= 4 is 5.91 Å². The van der Waals surface area contributed by atoms with Gasteiger partial charge in [-0.3, -0.25) is 4.79 Å². The lowest BCUT2D eigenvalue weighted by molar-refractivity contribution is 0.0700. The summed E-state index contributed by atoms with van der Waals surface area (Å²) < 4.78 is 5.26. The molecular formula is C14H20N2O2. The summed E-state index contributed by atoms with van der Waals surface area (Å²) in [6.45, 7) is 4.62. The Bertz CT molecular complexity index is 414. The van der Waals surface area contributed by atoms with E-state index in [9.17, 15) is 4.79 Å². The summed E-state index contributed by atoms with van der Waals surface area (Å²) >= 11 is 0. The van der Waals surface area contributed by atoms with Gasteiger partial charge in [-0.15, -0.1) is 0 Å². The number of carbonyl (C=O) groups excluding carboxylic acids is 1. The lowest BCUT2D eigenvalue weighted by atomic mass is 10.1. The van der Waals surface area contributed by atoms with Gasteiger partial charge in [-0.25, -0.2) is 0 Å². The zero-order chi connectivity index (χ0) is 13.0. The van der Waals surface area contributed by atoms with Crippen LogP contribution in [0.2, 0.25) is 0 Å². The number of likely N-dealkylation sites (N-methyl/N-ethyl adjacent to an activating group) is 1. The van der Waals surface area contributed by atoms with Gasteiger partial charge in [-0.1, -0.05) is 12.1 Å². The molecular weight excluding hydrogens is 228 g/mol. The number of methoxy groups -OCH3 is 1. The first-order chi connectivity index (χ1) is 8.77.